The number of aromatic nitrogens is 1. The standard InChI is InChI=1S/C14H13BrClN3O/c1-8-3-4-10(7-11(8)15)18-14(20)9-5-12(16)19-13(6-9)17-2/h3-7H,1-2H3,(H,17,19)(H,18,20). The van der Waals surface area contributed by atoms with Gasteiger partial charge in [0, 0.05) is 22.8 Å². The van der Waals surface area contributed by atoms with E-state index in [0.29, 0.717) is 17.1 Å². The lowest BCUT2D eigenvalue weighted by molar-refractivity contribution is 0.102. The van der Waals surface area contributed by atoms with E-state index < -0.39 is 0 Å². The molecule has 0 saturated carbocycles. The molecule has 2 rings (SSSR count). The first-order valence-corrected chi connectivity index (χ1v) is 7.09. The largest absolute Gasteiger partial charge is 0.373 e. The molecule has 104 valence electrons. The van der Waals surface area contributed by atoms with Crippen molar-refractivity contribution in [3.05, 3.63) is 51.1 Å². The Bertz CT molecular complexity index is 661. The van der Waals surface area contributed by atoms with Crippen molar-refractivity contribution in [1.29, 1.82) is 0 Å². The molecule has 1 aromatic carbocycles. The van der Waals surface area contributed by atoms with Gasteiger partial charge in [0.2, 0.25) is 0 Å². The van der Waals surface area contributed by atoms with Gasteiger partial charge in [0.25, 0.3) is 5.91 Å². The van der Waals surface area contributed by atoms with Gasteiger partial charge < -0.3 is 10.6 Å². The van der Waals surface area contributed by atoms with Gasteiger partial charge in [0.1, 0.15) is 11.0 Å². The van der Waals surface area contributed by atoms with Crippen LogP contribution >= 0.6 is 27.5 Å². The van der Waals surface area contributed by atoms with E-state index in [-0.39, 0.29) is 11.1 Å². The molecule has 0 atom stereocenters. The number of rotatable bonds is 3. The van der Waals surface area contributed by atoms with Crippen LogP contribution in [0, 0.1) is 6.92 Å². The van der Waals surface area contributed by atoms with E-state index in [1.807, 2.05) is 25.1 Å². The number of benzene rings is 1. The topological polar surface area (TPSA) is 54.0 Å². The number of carbonyl (C=O) groups excluding carboxylic acids is 1. The fraction of sp³-hybridized carbons (Fsp3) is 0.143. The maximum atomic E-state index is 12.2. The number of hydrogen-bond donors (Lipinski definition) is 2. The smallest absolute Gasteiger partial charge is 0.255 e. The van der Waals surface area contributed by atoms with Crippen molar-refractivity contribution in [2.45, 2.75) is 6.92 Å². The van der Waals surface area contributed by atoms with Crippen LogP contribution < -0.4 is 10.6 Å². The fourth-order valence-electron chi connectivity index (χ4n) is 1.63. The van der Waals surface area contributed by atoms with Gasteiger partial charge in [-0.25, -0.2) is 4.98 Å². The molecule has 1 aromatic heterocycles. The van der Waals surface area contributed by atoms with Crippen molar-refractivity contribution in [1.82, 2.24) is 4.98 Å². The third kappa shape index (κ3) is 3.49. The summed E-state index contributed by atoms with van der Waals surface area (Å²) in [5.74, 6) is 0.314. The van der Waals surface area contributed by atoms with E-state index in [2.05, 4.69) is 31.5 Å². The first-order chi connectivity index (χ1) is 9.49. The summed E-state index contributed by atoms with van der Waals surface area (Å²) in [6, 6.07) is 8.80. The molecule has 0 aliphatic rings. The SMILES string of the molecule is CNc1cc(C(=O)Nc2ccc(C)c(Br)c2)cc(Cl)n1. The summed E-state index contributed by atoms with van der Waals surface area (Å²) in [5, 5.41) is 5.95. The van der Waals surface area contributed by atoms with Crippen LogP contribution in [-0.4, -0.2) is 17.9 Å². The molecule has 0 spiro atoms. The van der Waals surface area contributed by atoms with Crippen molar-refractivity contribution in [3.63, 3.8) is 0 Å². The third-order valence-corrected chi connectivity index (χ3v) is 3.79. The third-order valence-electron chi connectivity index (χ3n) is 2.74. The molecule has 0 saturated heterocycles. The van der Waals surface area contributed by atoms with Gasteiger partial charge in [-0.3, -0.25) is 4.79 Å². The molecule has 0 radical (unpaired) electrons. The minimum atomic E-state index is -0.235. The van der Waals surface area contributed by atoms with Crippen molar-refractivity contribution < 1.29 is 4.79 Å². The number of nitrogens with zero attached hydrogens (tertiary/aromatic N) is 1. The summed E-state index contributed by atoms with van der Waals surface area (Å²) in [6.45, 7) is 1.98. The van der Waals surface area contributed by atoms with Crippen LogP contribution in [0.25, 0.3) is 0 Å². The fourth-order valence-corrected chi connectivity index (χ4v) is 2.22. The second-order valence-corrected chi connectivity index (χ2v) is 5.47. The van der Waals surface area contributed by atoms with E-state index >= 15 is 0 Å². The van der Waals surface area contributed by atoms with Gasteiger partial charge in [0.05, 0.1) is 0 Å². The van der Waals surface area contributed by atoms with Crippen LogP contribution in [0.3, 0.4) is 0 Å². The van der Waals surface area contributed by atoms with Crippen LogP contribution in [0.1, 0.15) is 15.9 Å². The molecule has 4 nitrogen and oxygen atoms in total. The van der Waals surface area contributed by atoms with E-state index in [4.69, 9.17) is 11.6 Å². The molecule has 1 heterocycles. The molecule has 0 unspecified atom stereocenters. The lowest BCUT2D eigenvalue weighted by Gasteiger charge is -2.08. The average Bonchev–Trinajstić information content (AvgIpc) is 2.42. The Morgan fingerprint density at radius 2 is 2.05 bits per heavy atom. The van der Waals surface area contributed by atoms with E-state index in [1.165, 1.54) is 6.07 Å². The van der Waals surface area contributed by atoms with Crippen LogP contribution in [0.2, 0.25) is 5.15 Å². The molecule has 0 aliphatic heterocycles. The van der Waals surface area contributed by atoms with Crippen LogP contribution in [0.4, 0.5) is 11.5 Å². The first kappa shape index (κ1) is 14.8. The summed E-state index contributed by atoms with van der Waals surface area (Å²) in [7, 11) is 1.72. The van der Waals surface area contributed by atoms with Crippen LogP contribution in [0.15, 0.2) is 34.8 Å². The maximum Gasteiger partial charge on any atom is 0.255 e. The number of pyridine rings is 1. The molecule has 0 fully saturated rings. The highest BCUT2D eigenvalue weighted by atomic mass is 79.9. The Kier molecular flexibility index (Phi) is 4.62. The van der Waals surface area contributed by atoms with Gasteiger partial charge >= 0.3 is 0 Å². The van der Waals surface area contributed by atoms with Gasteiger partial charge in [0.15, 0.2) is 0 Å². The molecular weight excluding hydrogens is 342 g/mol. The van der Waals surface area contributed by atoms with Gasteiger partial charge in [-0.2, -0.15) is 0 Å². The van der Waals surface area contributed by atoms with E-state index in [0.717, 1.165) is 10.0 Å². The van der Waals surface area contributed by atoms with E-state index in [9.17, 15) is 4.79 Å². The summed E-state index contributed by atoms with van der Waals surface area (Å²) in [5.41, 5.74) is 2.27. The number of nitrogens with one attached hydrogen (secondary N) is 2. The predicted molar refractivity (Wildman–Crippen MR) is 85.6 cm³/mol. The zero-order valence-corrected chi connectivity index (χ0v) is 13.3. The van der Waals surface area contributed by atoms with Crippen LogP contribution in [0.5, 0.6) is 0 Å². The van der Waals surface area contributed by atoms with Crippen molar-refractivity contribution >= 4 is 44.9 Å². The number of amides is 1. The van der Waals surface area contributed by atoms with Crippen molar-refractivity contribution in [2.75, 3.05) is 17.7 Å². The Morgan fingerprint density at radius 3 is 2.70 bits per heavy atom. The monoisotopic (exact) mass is 353 g/mol. The number of halogens is 2. The van der Waals surface area contributed by atoms with Gasteiger partial charge in [-0.05, 0) is 36.8 Å². The quantitative estimate of drug-likeness (QED) is 0.816. The van der Waals surface area contributed by atoms with Gasteiger partial charge in [-0.15, -0.1) is 0 Å². The summed E-state index contributed by atoms with van der Waals surface area (Å²) in [6.07, 6.45) is 0. The Hall–Kier alpha value is -1.59. The Labute approximate surface area is 130 Å². The van der Waals surface area contributed by atoms with Crippen molar-refractivity contribution in [2.24, 2.45) is 0 Å². The Morgan fingerprint density at radius 1 is 1.30 bits per heavy atom. The van der Waals surface area contributed by atoms with E-state index in [1.54, 1.807) is 13.1 Å². The molecular formula is C14H13BrClN3O. The highest BCUT2D eigenvalue weighted by Gasteiger charge is 2.10. The lowest BCUT2D eigenvalue weighted by Crippen LogP contribution is -2.12. The molecule has 0 aliphatic carbocycles. The zero-order chi connectivity index (χ0) is 14.7. The second kappa shape index (κ2) is 6.24. The van der Waals surface area contributed by atoms with Crippen molar-refractivity contribution in [3.8, 4) is 0 Å². The molecule has 0 bridgehead atoms. The number of aryl methyl sites for hydroxylation is 1. The predicted octanol–water partition coefficient (Wildman–Crippen LogP) is 4.10. The maximum absolute atomic E-state index is 12.2. The molecule has 2 N–H and O–H groups in total. The average molecular weight is 355 g/mol. The summed E-state index contributed by atoms with van der Waals surface area (Å²) < 4.78 is 0.943. The molecule has 2 aromatic rings. The number of hydrogen-bond acceptors (Lipinski definition) is 3. The first-order valence-electron chi connectivity index (χ1n) is 5.92. The summed E-state index contributed by atoms with van der Waals surface area (Å²) in [4.78, 5) is 16.2. The molecule has 1 amide bonds. The highest BCUT2D eigenvalue weighted by molar-refractivity contribution is 9.10. The minimum absolute atomic E-state index is 0.235. The van der Waals surface area contributed by atoms with Crippen LogP contribution in [-0.2, 0) is 0 Å². The minimum Gasteiger partial charge on any atom is -0.373 e. The lowest BCUT2D eigenvalue weighted by atomic mass is 10.2. The number of carbonyl (C=O) groups is 1. The highest BCUT2D eigenvalue weighted by Crippen LogP contribution is 2.22. The second-order valence-electron chi connectivity index (χ2n) is 4.23. The molecule has 6 heteroatoms. The van der Waals surface area contributed by atoms with Gasteiger partial charge in [-0.1, -0.05) is 33.6 Å². The summed E-state index contributed by atoms with van der Waals surface area (Å²) >= 11 is 9.32. The number of anilines is 2. The Balaban J connectivity index is 2.23. The molecule has 20 heavy (non-hydrogen) atoms. The normalized spacial score (nSPS) is 10.2. The zero-order valence-electron chi connectivity index (χ0n) is 11.0.